The van der Waals surface area contributed by atoms with Crippen molar-refractivity contribution in [3.05, 3.63) is 54.1 Å². The van der Waals surface area contributed by atoms with Crippen LogP contribution < -0.4 is 19.1 Å². The number of nitrogens with one attached hydrogen (secondary N) is 1. The van der Waals surface area contributed by atoms with E-state index in [2.05, 4.69) is 5.32 Å². The van der Waals surface area contributed by atoms with Crippen LogP contribution in [-0.2, 0) is 26.2 Å². The smallest absolute Gasteiger partial charge is 0.244 e. The minimum Gasteiger partial charge on any atom is -0.497 e. The van der Waals surface area contributed by atoms with Crippen molar-refractivity contribution < 1.29 is 27.5 Å². The zero-order valence-electron chi connectivity index (χ0n) is 19.6. The number of likely N-dealkylation sites (N-methyl/N-ethyl adjacent to an activating group) is 1. The minimum absolute atomic E-state index is 0.156. The number of carbonyl (C=O) groups excluding carboxylic acids is 2. The van der Waals surface area contributed by atoms with Gasteiger partial charge in [-0.2, -0.15) is 0 Å². The number of rotatable bonds is 11. The van der Waals surface area contributed by atoms with Gasteiger partial charge >= 0.3 is 0 Å². The molecule has 2 aromatic rings. The molecule has 2 rings (SSSR count). The van der Waals surface area contributed by atoms with Crippen LogP contribution in [0.25, 0.3) is 0 Å². The molecule has 0 aliphatic rings. The van der Waals surface area contributed by atoms with Crippen molar-refractivity contribution in [2.24, 2.45) is 0 Å². The Labute approximate surface area is 195 Å². The summed E-state index contributed by atoms with van der Waals surface area (Å²) in [5.74, 6) is -0.125. The molecule has 0 unspecified atom stereocenters. The monoisotopic (exact) mass is 477 g/mol. The Hall–Kier alpha value is -3.27. The molecule has 10 heteroatoms. The van der Waals surface area contributed by atoms with Crippen molar-refractivity contribution in [1.29, 1.82) is 0 Å². The highest BCUT2D eigenvalue weighted by Gasteiger charge is 2.32. The topological polar surface area (TPSA) is 105 Å². The van der Waals surface area contributed by atoms with Crippen molar-refractivity contribution in [1.82, 2.24) is 10.2 Å². The molecule has 180 valence electrons. The molecule has 0 aromatic heterocycles. The van der Waals surface area contributed by atoms with E-state index < -0.39 is 28.5 Å². The fourth-order valence-corrected chi connectivity index (χ4v) is 4.31. The molecule has 0 saturated carbocycles. The Balaban J connectivity index is 2.48. The summed E-state index contributed by atoms with van der Waals surface area (Å²) in [6.45, 7) is 1.46. The van der Waals surface area contributed by atoms with Gasteiger partial charge in [0, 0.05) is 19.7 Å². The zero-order chi connectivity index (χ0) is 24.6. The van der Waals surface area contributed by atoms with E-state index in [1.807, 2.05) is 30.3 Å². The van der Waals surface area contributed by atoms with Gasteiger partial charge in [-0.25, -0.2) is 8.42 Å². The number of hydrogen-bond acceptors (Lipinski definition) is 6. The van der Waals surface area contributed by atoms with E-state index in [1.165, 1.54) is 32.2 Å². The van der Waals surface area contributed by atoms with Gasteiger partial charge < -0.3 is 19.7 Å². The van der Waals surface area contributed by atoms with Crippen LogP contribution in [-0.4, -0.2) is 65.2 Å². The molecule has 0 heterocycles. The molecule has 9 nitrogen and oxygen atoms in total. The number of ether oxygens (including phenoxy) is 2. The maximum Gasteiger partial charge on any atom is 0.244 e. The van der Waals surface area contributed by atoms with Gasteiger partial charge in [-0.3, -0.25) is 13.9 Å². The number of nitrogens with zero attached hydrogens (tertiary/aromatic N) is 2. The summed E-state index contributed by atoms with van der Waals surface area (Å²) in [7, 11) is 0.523. The number of hydrogen-bond donors (Lipinski definition) is 1. The lowest BCUT2D eigenvalue weighted by Gasteiger charge is -2.32. The van der Waals surface area contributed by atoms with E-state index in [-0.39, 0.29) is 23.9 Å². The van der Waals surface area contributed by atoms with Crippen LogP contribution in [0.2, 0.25) is 0 Å². The van der Waals surface area contributed by atoms with Crippen LogP contribution in [0.4, 0.5) is 5.69 Å². The van der Waals surface area contributed by atoms with Crippen molar-refractivity contribution >= 4 is 27.5 Å². The lowest BCUT2D eigenvalue weighted by Crippen LogP contribution is -2.51. The summed E-state index contributed by atoms with van der Waals surface area (Å²) in [4.78, 5) is 27.4. The van der Waals surface area contributed by atoms with Crippen molar-refractivity contribution in [2.45, 2.75) is 25.9 Å². The zero-order valence-corrected chi connectivity index (χ0v) is 20.4. The summed E-state index contributed by atoms with van der Waals surface area (Å²) in [5, 5.41) is 2.58. The van der Waals surface area contributed by atoms with Gasteiger partial charge in [0.15, 0.2) is 0 Å². The predicted octanol–water partition coefficient (Wildman–Crippen LogP) is 2.02. The van der Waals surface area contributed by atoms with Crippen molar-refractivity contribution in [3.8, 4) is 11.5 Å². The third-order valence-corrected chi connectivity index (χ3v) is 6.29. The standard InChI is InChI=1S/C23H31N3O6S/c1-6-19(23(28)24-2)25(15-17-10-8-7-9-11-17)22(27)16-26(33(5,29)30)20-13-12-18(31-3)14-21(20)32-4/h7-14,19H,6,15-16H2,1-5H3,(H,24,28)/t19-/m0/s1. The van der Waals surface area contributed by atoms with E-state index in [9.17, 15) is 18.0 Å². The van der Waals surface area contributed by atoms with Crippen LogP contribution in [0.1, 0.15) is 18.9 Å². The lowest BCUT2D eigenvalue weighted by atomic mass is 10.1. The second-order valence-electron chi connectivity index (χ2n) is 7.35. The minimum atomic E-state index is -3.87. The first-order chi connectivity index (χ1) is 15.7. The molecule has 1 atom stereocenters. The van der Waals surface area contributed by atoms with E-state index in [0.29, 0.717) is 12.2 Å². The second kappa shape index (κ2) is 11.6. The number of anilines is 1. The van der Waals surface area contributed by atoms with Crippen molar-refractivity contribution in [3.63, 3.8) is 0 Å². The maximum atomic E-state index is 13.5. The molecule has 0 saturated heterocycles. The number of methoxy groups -OCH3 is 2. The van der Waals surface area contributed by atoms with Crippen molar-refractivity contribution in [2.75, 3.05) is 38.4 Å². The van der Waals surface area contributed by atoms with Gasteiger partial charge in [0.1, 0.15) is 24.1 Å². The lowest BCUT2D eigenvalue weighted by molar-refractivity contribution is -0.140. The normalized spacial score (nSPS) is 11.9. The highest BCUT2D eigenvalue weighted by atomic mass is 32.2. The average molecular weight is 478 g/mol. The molecule has 2 amide bonds. The predicted molar refractivity (Wildman–Crippen MR) is 127 cm³/mol. The molecule has 0 aliphatic carbocycles. The first-order valence-corrected chi connectivity index (χ1v) is 12.3. The third kappa shape index (κ3) is 6.61. The van der Waals surface area contributed by atoms with E-state index >= 15 is 0 Å². The van der Waals surface area contributed by atoms with E-state index in [1.54, 1.807) is 19.1 Å². The van der Waals surface area contributed by atoms with Gasteiger partial charge in [-0.1, -0.05) is 37.3 Å². The molecule has 2 aromatic carbocycles. The molecular formula is C23H31N3O6S. The number of benzene rings is 2. The molecule has 0 radical (unpaired) electrons. The summed E-state index contributed by atoms with van der Waals surface area (Å²) >= 11 is 0. The van der Waals surface area contributed by atoms with Crippen LogP contribution in [0, 0.1) is 0 Å². The quantitative estimate of drug-likeness (QED) is 0.531. The summed E-state index contributed by atoms with van der Waals surface area (Å²) in [6.07, 6.45) is 1.38. The molecule has 0 aliphatic heterocycles. The Kier molecular flexibility index (Phi) is 9.10. The average Bonchev–Trinajstić information content (AvgIpc) is 2.81. The molecule has 0 fully saturated rings. The fourth-order valence-electron chi connectivity index (χ4n) is 3.45. The van der Waals surface area contributed by atoms with Crippen LogP contribution >= 0.6 is 0 Å². The molecular weight excluding hydrogens is 446 g/mol. The first kappa shape index (κ1) is 26.0. The van der Waals surface area contributed by atoms with Crippen LogP contribution in [0.5, 0.6) is 11.5 Å². The number of carbonyl (C=O) groups is 2. The Morgan fingerprint density at radius 3 is 2.24 bits per heavy atom. The highest BCUT2D eigenvalue weighted by Crippen LogP contribution is 2.33. The molecule has 33 heavy (non-hydrogen) atoms. The second-order valence-corrected chi connectivity index (χ2v) is 9.26. The molecule has 0 bridgehead atoms. The van der Waals surface area contributed by atoms with Crippen LogP contribution in [0.3, 0.4) is 0 Å². The van der Waals surface area contributed by atoms with Gasteiger partial charge in [-0.05, 0) is 24.1 Å². The Bertz CT molecular complexity index is 1060. The van der Waals surface area contributed by atoms with Crippen LogP contribution in [0.15, 0.2) is 48.5 Å². The Morgan fingerprint density at radius 1 is 1.06 bits per heavy atom. The summed E-state index contributed by atoms with van der Waals surface area (Å²) in [6, 6.07) is 13.1. The van der Waals surface area contributed by atoms with E-state index in [4.69, 9.17) is 9.47 Å². The number of amides is 2. The van der Waals surface area contributed by atoms with Gasteiger partial charge in [0.2, 0.25) is 21.8 Å². The Morgan fingerprint density at radius 2 is 1.73 bits per heavy atom. The highest BCUT2D eigenvalue weighted by molar-refractivity contribution is 7.92. The number of sulfonamides is 1. The van der Waals surface area contributed by atoms with Gasteiger partial charge in [-0.15, -0.1) is 0 Å². The van der Waals surface area contributed by atoms with E-state index in [0.717, 1.165) is 16.1 Å². The third-order valence-electron chi connectivity index (χ3n) is 5.16. The van der Waals surface area contributed by atoms with Gasteiger partial charge in [0.25, 0.3) is 0 Å². The molecule has 1 N–H and O–H groups in total. The molecule has 0 spiro atoms. The van der Waals surface area contributed by atoms with Gasteiger partial charge in [0.05, 0.1) is 26.2 Å². The first-order valence-electron chi connectivity index (χ1n) is 10.4. The summed E-state index contributed by atoms with van der Waals surface area (Å²) < 4.78 is 36.9. The summed E-state index contributed by atoms with van der Waals surface area (Å²) in [5.41, 5.74) is 1.02. The largest absolute Gasteiger partial charge is 0.497 e. The SMILES string of the molecule is CC[C@@H](C(=O)NC)N(Cc1ccccc1)C(=O)CN(c1ccc(OC)cc1OC)S(C)(=O)=O. The maximum absolute atomic E-state index is 13.5. The fraction of sp³-hybridized carbons (Fsp3) is 0.391.